The van der Waals surface area contributed by atoms with Gasteiger partial charge in [-0.15, -0.1) is 0 Å². The summed E-state index contributed by atoms with van der Waals surface area (Å²) >= 11 is 3.38. The van der Waals surface area contributed by atoms with Crippen molar-refractivity contribution in [3.05, 3.63) is 58.3 Å². The van der Waals surface area contributed by atoms with Crippen LogP contribution in [-0.2, 0) is 9.59 Å². The second-order valence-corrected chi connectivity index (χ2v) is 7.68. The predicted molar refractivity (Wildman–Crippen MR) is 102 cm³/mol. The molecule has 2 aliphatic heterocycles. The average Bonchev–Trinajstić information content (AvgIpc) is 3.14. The smallest absolute Gasteiger partial charge is 0.265 e. The van der Waals surface area contributed by atoms with Gasteiger partial charge >= 0.3 is 0 Å². The van der Waals surface area contributed by atoms with Gasteiger partial charge < -0.3 is 9.64 Å². The molecule has 1 unspecified atom stereocenters. The topological polar surface area (TPSA) is 49.9 Å². The van der Waals surface area contributed by atoms with Crippen LogP contribution in [0.3, 0.4) is 0 Å². The molecule has 1 fully saturated rings. The molecule has 5 nitrogen and oxygen atoms in total. The summed E-state index contributed by atoms with van der Waals surface area (Å²) in [5.41, 5.74) is 1.51. The largest absolute Gasteiger partial charge is 0.482 e. The van der Waals surface area contributed by atoms with Crippen LogP contribution in [0.5, 0.6) is 5.75 Å². The quantitative estimate of drug-likeness (QED) is 0.747. The van der Waals surface area contributed by atoms with Crippen LogP contribution in [0.2, 0.25) is 0 Å². The number of ether oxygens (including phenoxy) is 1. The Balaban J connectivity index is 1.46. The summed E-state index contributed by atoms with van der Waals surface area (Å²) in [5, 5.41) is 0. The minimum atomic E-state index is -0.265. The summed E-state index contributed by atoms with van der Waals surface area (Å²) in [6.45, 7) is 1.04. The Morgan fingerprint density at radius 3 is 2.93 bits per heavy atom. The zero-order valence-corrected chi connectivity index (χ0v) is 16.1. The number of halogens is 2. The number of anilines is 1. The van der Waals surface area contributed by atoms with E-state index < -0.39 is 0 Å². The number of carbonyl (C=O) groups excluding carboxylic acids is 2. The highest BCUT2D eigenvalue weighted by Crippen LogP contribution is 2.35. The second-order valence-electron chi connectivity index (χ2n) is 6.76. The monoisotopic (exact) mass is 432 g/mol. The van der Waals surface area contributed by atoms with Crippen molar-refractivity contribution in [2.45, 2.75) is 12.3 Å². The number of hydrogen-bond donors (Lipinski definition) is 0. The Labute approximate surface area is 164 Å². The Hall–Kier alpha value is -2.41. The minimum absolute atomic E-state index is 0.0211. The van der Waals surface area contributed by atoms with Gasteiger partial charge in [0.25, 0.3) is 5.91 Å². The third-order valence-corrected chi connectivity index (χ3v) is 5.51. The van der Waals surface area contributed by atoms with Crippen LogP contribution in [0.4, 0.5) is 10.1 Å². The number of nitrogens with zero attached hydrogens (tertiary/aromatic N) is 2. The van der Waals surface area contributed by atoms with Crippen LogP contribution >= 0.6 is 15.9 Å². The number of hydrogen-bond acceptors (Lipinski definition) is 3. The van der Waals surface area contributed by atoms with Gasteiger partial charge in [0, 0.05) is 23.5 Å². The van der Waals surface area contributed by atoms with Crippen molar-refractivity contribution < 1.29 is 18.7 Å². The number of rotatable bonds is 3. The third kappa shape index (κ3) is 3.69. The zero-order valence-electron chi connectivity index (χ0n) is 14.5. The van der Waals surface area contributed by atoms with E-state index in [0.29, 0.717) is 24.5 Å². The minimum Gasteiger partial charge on any atom is -0.482 e. The van der Waals surface area contributed by atoms with Crippen molar-refractivity contribution in [3.63, 3.8) is 0 Å². The highest BCUT2D eigenvalue weighted by Gasteiger charge is 2.32. The Bertz CT molecular complexity index is 905. The summed E-state index contributed by atoms with van der Waals surface area (Å²) in [7, 11) is 0. The van der Waals surface area contributed by atoms with Gasteiger partial charge in [-0.05, 0) is 42.3 Å². The number of carbonyl (C=O) groups is 2. The first-order chi connectivity index (χ1) is 13.0. The molecule has 2 aromatic rings. The van der Waals surface area contributed by atoms with E-state index in [1.807, 2.05) is 12.1 Å². The molecule has 0 N–H and O–H groups in total. The molecule has 0 spiro atoms. The second kappa shape index (κ2) is 7.31. The van der Waals surface area contributed by atoms with Crippen LogP contribution in [0.25, 0.3) is 0 Å². The van der Waals surface area contributed by atoms with E-state index >= 15 is 0 Å². The lowest BCUT2D eigenvalue weighted by molar-refractivity contribution is -0.131. The first-order valence-corrected chi connectivity index (χ1v) is 9.56. The molecule has 2 heterocycles. The molecule has 2 aliphatic rings. The molecule has 0 aromatic heterocycles. The van der Waals surface area contributed by atoms with Crippen molar-refractivity contribution in [2.24, 2.45) is 0 Å². The lowest BCUT2D eigenvalue weighted by Gasteiger charge is -2.30. The molecule has 1 atom stereocenters. The highest BCUT2D eigenvalue weighted by atomic mass is 79.9. The van der Waals surface area contributed by atoms with Crippen molar-refractivity contribution in [3.8, 4) is 5.75 Å². The van der Waals surface area contributed by atoms with E-state index in [-0.39, 0.29) is 36.7 Å². The van der Waals surface area contributed by atoms with Crippen molar-refractivity contribution in [1.82, 2.24) is 4.90 Å². The highest BCUT2D eigenvalue weighted by molar-refractivity contribution is 9.10. The summed E-state index contributed by atoms with van der Waals surface area (Å²) < 4.78 is 19.8. The molecule has 4 rings (SSSR count). The molecule has 7 heteroatoms. The molecule has 2 amide bonds. The molecular formula is C20H18BrFN2O3. The van der Waals surface area contributed by atoms with Gasteiger partial charge in [-0.3, -0.25) is 14.5 Å². The molecular weight excluding hydrogens is 415 g/mol. The number of amides is 2. The van der Waals surface area contributed by atoms with Crippen LogP contribution in [0, 0.1) is 5.82 Å². The Morgan fingerprint density at radius 2 is 2.11 bits per heavy atom. The Kier molecular flexibility index (Phi) is 4.86. The van der Waals surface area contributed by atoms with Crippen LogP contribution in [-0.4, -0.2) is 43.0 Å². The Morgan fingerprint density at radius 1 is 1.26 bits per heavy atom. The van der Waals surface area contributed by atoms with Crippen molar-refractivity contribution >= 4 is 33.4 Å². The van der Waals surface area contributed by atoms with Gasteiger partial charge in [0.1, 0.15) is 18.1 Å². The predicted octanol–water partition coefficient (Wildman–Crippen LogP) is 3.33. The van der Waals surface area contributed by atoms with Crippen molar-refractivity contribution in [2.75, 3.05) is 31.1 Å². The number of benzene rings is 2. The van der Waals surface area contributed by atoms with Gasteiger partial charge in [-0.25, -0.2) is 4.39 Å². The van der Waals surface area contributed by atoms with E-state index in [1.165, 1.54) is 17.0 Å². The maximum atomic E-state index is 13.5. The van der Waals surface area contributed by atoms with E-state index in [1.54, 1.807) is 23.1 Å². The SMILES string of the molecule is O=C(CN1C(=O)COc2cc(Br)ccc21)N1CCC(c2cccc(F)c2)C1. The van der Waals surface area contributed by atoms with Gasteiger partial charge in [0.15, 0.2) is 6.61 Å². The van der Waals surface area contributed by atoms with Gasteiger partial charge in [0.05, 0.1) is 5.69 Å². The fraction of sp³-hybridized carbons (Fsp3) is 0.300. The van der Waals surface area contributed by atoms with Crippen LogP contribution < -0.4 is 9.64 Å². The lowest BCUT2D eigenvalue weighted by Crippen LogP contribution is -2.46. The molecule has 0 bridgehead atoms. The molecule has 2 aromatic carbocycles. The summed E-state index contributed by atoms with van der Waals surface area (Å²) in [6.07, 6.45) is 0.787. The standard InChI is InChI=1S/C20H18BrFN2O3/c21-15-4-5-17-18(9-15)27-12-20(26)24(17)11-19(25)23-7-6-14(10-23)13-2-1-3-16(22)8-13/h1-5,8-9,14H,6-7,10-12H2. The molecule has 140 valence electrons. The molecule has 1 saturated heterocycles. The van der Waals surface area contributed by atoms with Crippen LogP contribution in [0.15, 0.2) is 46.9 Å². The summed E-state index contributed by atoms with van der Waals surface area (Å²) in [6, 6.07) is 11.9. The average molecular weight is 433 g/mol. The normalized spacial score (nSPS) is 19.0. The molecule has 0 radical (unpaired) electrons. The summed E-state index contributed by atoms with van der Waals surface area (Å²) in [5.74, 6) is 0.0835. The lowest BCUT2D eigenvalue weighted by atomic mass is 9.98. The maximum absolute atomic E-state index is 13.5. The number of fused-ring (bicyclic) bond motifs is 1. The maximum Gasteiger partial charge on any atom is 0.265 e. The van der Waals surface area contributed by atoms with E-state index in [2.05, 4.69) is 15.9 Å². The number of likely N-dealkylation sites (tertiary alicyclic amines) is 1. The van der Waals surface area contributed by atoms with E-state index in [0.717, 1.165) is 16.5 Å². The fourth-order valence-electron chi connectivity index (χ4n) is 3.61. The molecule has 27 heavy (non-hydrogen) atoms. The van der Waals surface area contributed by atoms with E-state index in [4.69, 9.17) is 4.74 Å². The first-order valence-electron chi connectivity index (χ1n) is 8.77. The van der Waals surface area contributed by atoms with Gasteiger partial charge in [-0.1, -0.05) is 28.1 Å². The summed E-state index contributed by atoms with van der Waals surface area (Å²) in [4.78, 5) is 28.3. The third-order valence-electron chi connectivity index (χ3n) is 5.02. The first kappa shape index (κ1) is 18.0. The molecule has 0 saturated carbocycles. The van der Waals surface area contributed by atoms with Gasteiger partial charge in [-0.2, -0.15) is 0 Å². The fourth-order valence-corrected chi connectivity index (χ4v) is 3.95. The van der Waals surface area contributed by atoms with Crippen molar-refractivity contribution in [1.29, 1.82) is 0 Å². The molecule has 0 aliphatic carbocycles. The van der Waals surface area contributed by atoms with Crippen LogP contribution in [0.1, 0.15) is 17.9 Å². The van der Waals surface area contributed by atoms with Gasteiger partial charge in [0.2, 0.25) is 5.91 Å². The van der Waals surface area contributed by atoms with E-state index in [9.17, 15) is 14.0 Å². The zero-order chi connectivity index (χ0) is 19.0.